The van der Waals surface area contributed by atoms with Gasteiger partial charge in [-0.25, -0.2) is 0 Å². The Morgan fingerprint density at radius 3 is 2.55 bits per heavy atom. The van der Waals surface area contributed by atoms with Crippen LogP contribution in [-0.4, -0.2) is 24.5 Å². The number of morpholine rings is 1. The number of carbonyl (C=O) groups excluding carboxylic acids is 1. The first-order valence-electron chi connectivity index (χ1n) is 7.25. The highest BCUT2D eigenvalue weighted by atomic mass is 35.5. The van der Waals surface area contributed by atoms with E-state index in [-0.39, 0.29) is 24.7 Å². The lowest BCUT2D eigenvalue weighted by atomic mass is 9.92. The Kier molecular flexibility index (Phi) is 4.19. The van der Waals surface area contributed by atoms with Crippen LogP contribution in [0.4, 0.5) is 0 Å². The van der Waals surface area contributed by atoms with E-state index in [0.29, 0.717) is 5.02 Å². The summed E-state index contributed by atoms with van der Waals surface area (Å²) >= 11 is 6.11. The van der Waals surface area contributed by atoms with Crippen LogP contribution in [0.1, 0.15) is 28.8 Å². The van der Waals surface area contributed by atoms with E-state index < -0.39 is 0 Å². The molecule has 0 aliphatic carbocycles. The maximum Gasteiger partial charge on any atom is 0.248 e. The van der Waals surface area contributed by atoms with Crippen LogP contribution in [0, 0.1) is 6.92 Å². The third-order valence-electron chi connectivity index (χ3n) is 4.08. The van der Waals surface area contributed by atoms with Crippen LogP contribution < -0.4 is 0 Å². The van der Waals surface area contributed by atoms with Crippen molar-refractivity contribution >= 4 is 17.5 Å². The maximum atomic E-state index is 12.1. The highest BCUT2D eigenvalue weighted by Gasteiger charge is 2.36. The molecule has 2 aromatic carbocycles. The highest BCUT2D eigenvalue weighted by molar-refractivity contribution is 6.30. The van der Waals surface area contributed by atoms with E-state index in [2.05, 4.69) is 24.3 Å². The van der Waals surface area contributed by atoms with Crippen LogP contribution in [0.25, 0.3) is 0 Å². The molecule has 0 N–H and O–H groups in total. The standard InChI is InChI=1S/C18H18ClNO2/c1-12-6-8-13(9-7-12)17-18(22-11-16(21)20(17)2)14-4-3-5-15(19)10-14/h3-10,17-18H,11H2,1-2H3. The van der Waals surface area contributed by atoms with Gasteiger partial charge in [-0.2, -0.15) is 0 Å². The van der Waals surface area contributed by atoms with E-state index in [1.54, 1.807) is 4.90 Å². The lowest BCUT2D eigenvalue weighted by molar-refractivity contribution is -0.155. The summed E-state index contributed by atoms with van der Waals surface area (Å²) < 4.78 is 5.85. The molecule has 1 aliphatic rings. The van der Waals surface area contributed by atoms with Gasteiger partial charge in [-0.3, -0.25) is 4.79 Å². The van der Waals surface area contributed by atoms with Crippen molar-refractivity contribution in [2.24, 2.45) is 0 Å². The van der Waals surface area contributed by atoms with E-state index >= 15 is 0 Å². The molecule has 2 atom stereocenters. The second kappa shape index (κ2) is 6.11. The zero-order valence-corrected chi connectivity index (χ0v) is 13.4. The van der Waals surface area contributed by atoms with Crippen molar-refractivity contribution in [3.8, 4) is 0 Å². The summed E-state index contributed by atoms with van der Waals surface area (Å²) in [5.41, 5.74) is 3.23. The van der Waals surface area contributed by atoms with Crippen molar-refractivity contribution in [2.75, 3.05) is 13.7 Å². The third kappa shape index (κ3) is 2.87. The third-order valence-corrected chi connectivity index (χ3v) is 4.31. The molecule has 0 saturated carbocycles. The quantitative estimate of drug-likeness (QED) is 0.840. The van der Waals surface area contributed by atoms with Gasteiger partial charge in [0.15, 0.2) is 0 Å². The first-order chi connectivity index (χ1) is 10.6. The van der Waals surface area contributed by atoms with Crippen molar-refractivity contribution in [3.05, 3.63) is 70.2 Å². The lowest BCUT2D eigenvalue weighted by Crippen LogP contribution is -2.43. The van der Waals surface area contributed by atoms with Crippen LogP contribution in [0.3, 0.4) is 0 Å². The number of hydrogen-bond donors (Lipinski definition) is 0. The summed E-state index contributed by atoms with van der Waals surface area (Å²) in [5, 5.41) is 0.670. The fourth-order valence-electron chi connectivity index (χ4n) is 2.84. The highest BCUT2D eigenvalue weighted by Crippen LogP contribution is 2.39. The molecule has 2 unspecified atom stereocenters. The van der Waals surface area contributed by atoms with Gasteiger partial charge in [-0.15, -0.1) is 0 Å². The SMILES string of the molecule is Cc1ccc(C2C(c3cccc(Cl)c3)OCC(=O)N2C)cc1. The lowest BCUT2D eigenvalue weighted by Gasteiger charge is -2.39. The summed E-state index contributed by atoms with van der Waals surface area (Å²) in [7, 11) is 1.83. The second-order valence-corrected chi connectivity index (χ2v) is 6.08. The average Bonchev–Trinajstić information content (AvgIpc) is 2.51. The molecule has 4 heteroatoms. The van der Waals surface area contributed by atoms with Gasteiger partial charge in [0, 0.05) is 12.1 Å². The Labute approximate surface area is 135 Å². The van der Waals surface area contributed by atoms with Gasteiger partial charge >= 0.3 is 0 Å². The maximum absolute atomic E-state index is 12.1. The van der Waals surface area contributed by atoms with Crippen LogP contribution >= 0.6 is 11.6 Å². The van der Waals surface area contributed by atoms with Crippen LogP contribution in [0.15, 0.2) is 48.5 Å². The molecule has 22 heavy (non-hydrogen) atoms. The van der Waals surface area contributed by atoms with E-state index in [1.165, 1.54) is 5.56 Å². The van der Waals surface area contributed by atoms with Gasteiger partial charge < -0.3 is 9.64 Å². The van der Waals surface area contributed by atoms with E-state index in [9.17, 15) is 4.79 Å². The summed E-state index contributed by atoms with van der Waals surface area (Å²) in [5.74, 6) is -0.0103. The number of rotatable bonds is 2. The molecule has 114 valence electrons. The number of amides is 1. The second-order valence-electron chi connectivity index (χ2n) is 5.65. The number of hydrogen-bond acceptors (Lipinski definition) is 2. The normalized spacial score (nSPS) is 22.0. The molecular weight excluding hydrogens is 298 g/mol. The predicted molar refractivity (Wildman–Crippen MR) is 86.8 cm³/mol. The molecule has 2 aromatic rings. The van der Waals surface area contributed by atoms with Gasteiger partial charge in [0.1, 0.15) is 12.7 Å². The van der Waals surface area contributed by atoms with E-state index in [1.807, 2.05) is 38.2 Å². The van der Waals surface area contributed by atoms with Crippen LogP contribution in [0.5, 0.6) is 0 Å². The number of benzene rings is 2. The largest absolute Gasteiger partial charge is 0.361 e. The summed E-state index contributed by atoms with van der Waals surface area (Å²) in [6.07, 6.45) is -0.218. The molecule has 3 rings (SSSR count). The average molecular weight is 316 g/mol. The van der Waals surface area contributed by atoms with Crippen molar-refractivity contribution in [2.45, 2.75) is 19.1 Å². The molecule has 0 aromatic heterocycles. The number of likely N-dealkylation sites (N-methyl/N-ethyl adjacent to an activating group) is 1. The van der Waals surface area contributed by atoms with Gasteiger partial charge in [0.05, 0.1) is 6.04 Å². The van der Waals surface area contributed by atoms with Gasteiger partial charge in [0.25, 0.3) is 0 Å². The molecule has 0 radical (unpaired) electrons. The Bertz CT molecular complexity index is 684. The zero-order valence-electron chi connectivity index (χ0n) is 12.6. The summed E-state index contributed by atoms with van der Waals surface area (Å²) in [6, 6.07) is 15.7. The topological polar surface area (TPSA) is 29.5 Å². The number of nitrogens with zero attached hydrogens (tertiary/aromatic N) is 1. The molecule has 1 aliphatic heterocycles. The minimum atomic E-state index is -0.218. The predicted octanol–water partition coefficient (Wildman–Crippen LogP) is 3.92. The smallest absolute Gasteiger partial charge is 0.248 e. The number of carbonyl (C=O) groups is 1. The number of aryl methyl sites for hydroxylation is 1. The van der Waals surface area contributed by atoms with Crippen molar-refractivity contribution in [1.82, 2.24) is 4.90 Å². The van der Waals surface area contributed by atoms with Gasteiger partial charge in [-0.1, -0.05) is 53.6 Å². The Morgan fingerprint density at radius 2 is 1.86 bits per heavy atom. The summed E-state index contributed by atoms with van der Waals surface area (Å²) in [4.78, 5) is 13.8. The molecule has 0 bridgehead atoms. The molecule has 1 heterocycles. The van der Waals surface area contributed by atoms with Crippen molar-refractivity contribution < 1.29 is 9.53 Å². The fourth-order valence-corrected chi connectivity index (χ4v) is 3.04. The number of ether oxygens (including phenoxy) is 1. The Hall–Kier alpha value is -1.84. The Balaban J connectivity index is 2.03. The van der Waals surface area contributed by atoms with Crippen molar-refractivity contribution in [3.63, 3.8) is 0 Å². The summed E-state index contributed by atoms with van der Waals surface area (Å²) in [6.45, 7) is 2.14. The van der Waals surface area contributed by atoms with E-state index in [4.69, 9.17) is 16.3 Å². The molecule has 3 nitrogen and oxygen atoms in total. The minimum Gasteiger partial charge on any atom is -0.361 e. The van der Waals surface area contributed by atoms with Crippen LogP contribution in [-0.2, 0) is 9.53 Å². The fraction of sp³-hybridized carbons (Fsp3) is 0.278. The minimum absolute atomic E-state index is 0.0103. The van der Waals surface area contributed by atoms with E-state index in [0.717, 1.165) is 11.1 Å². The zero-order chi connectivity index (χ0) is 15.7. The molecule has 0 spiro atoms. The van der Waals surface area contributed by atoms with Crippen LogP contribution in [0.2, 0.25) is 5.02 Å². The van der Waals surface area contributed by atoms with Gasteiger partial charge in [-0.05, 0) is 30.2 Å². The molecule has 1 amide bonds. The first kappa shape index (κ1) is 15.1. The Morgan fingerprint density at radius 1 is 1.14 bits per heavy atom. The van der Waals surface area contributed by atoms with Gasteiger partial charge in [0.2, 0.25) is 5.91 Å². The molecule has 1 saturated heterocycles. The first-order valence-corrected chi connectivity index (χ1v) is 7.63. The monoisotopic (exact) mass is 315 g/mol. The molecular formula is C18H18ClNO2. The van der Waals surface area contributed by atoms with Crippen molar-refractivity contribution in [1.29, 1.82) is 0 Å². The number of halogens is 1. The molecule has 1 fully saturated rings.